The van der Waals surface area contributed by atoms with Crippen LogP contribution in [0.2, 0.25) is 0 Å². The van der Waals surface area contributed by atoms with Gasteiger partial charge in [0.15, 0.2) is 0 Å². The van der Waals surface area contributed by atoms with E-state index in [9.17, 15) is 0 Å². The zero-order chi connectivity index (χ0) is 12.3. The number of hydrogen-bond acceptors (Lipinski definition) is 1. The van der Waals surface area contributed by atoms with Crippen molar-refractivity contribution in [3.8, 4) is 0 Å². The zero-order valence-electron chi connectivity index (χ0n) is 11.2. The van der Waals surface area contributed by atoms with Crippen LogP contribution in [-0.4, -0.2) is 0 Å². The average Bonchev–Trinajstić information content (AvgIpc) is 2.46. The summed E-state index contributed by atoms with van der Waals surface area (Å²) < 4.78 is 0. The van der Waals surface area contributed by atoms with Crippen LogP contribution in [0.5, 0.6) is 0 Å². The van der Waals surface area contributed by atoms with Crippen molar-refractivity contribution in [1.29, 1.82) is 0 Å². The highest BCUT2D eigenvalue weighted by Crippen LogP contribution is 2.65. The second-order valence-electron chi connectivity index (χ2n) is 6.65. The summed E-state index contributed by atoms with van der Waals surface area (Å²) in [5.74, 6) is 0.727. The Balaban J connectivity index is 2.26. The van der Waals surface area contributed by atoms with Crippen LogP contribution in [0.1, 0.15) is 63.5 Å². The van der Waals surface area contributed by atoms with E-state index in [1.165, 1.54) is 36.8 Å². The molecule has 0 spiro atoms. The maximum absolute atomic E-state index is 6.26. The Hall–Kier alpha value is -0.980. The normalized spacial score (nSPS) is 34.2. The first-order valence-corrected chi connectivity index (χ1v) is 6.87. The second-order valence-corrected chi connectivity index (χ2v) is 6.65. The minimum absolute atomic E-state index is 0.221. The first-order valence-electron chi connectivity index (χ1n) is 6.87. The largest absolute Gasteiger partial charge is 0.398 e. The molecule has 0 heterocycles. The Morgan fingerprint density at radius 3 is 2.71 bits per heavy atom. The number of anilines is 1. The Bertz CT molecular complexity index is 461. The Kier molecular flexibility index (Phi) is 2.14. The number of rotatable bonds is 0. The lowest BCUT2D eigenvalue weighted by Crippen LogP contribution is -2.39. The summed E-state index contributed by atoms with van der Waals surface area (Å²) in [5, 5.41) is 0. The number of fused-ring (bicyclic) bond motifs is 3. The number of benzene rings is 1. The molecule has 0 amide bonds. The molecule has 0 aliphatic heterocycles. The summed E-state index contributed by atoms with van der Waals surface area (Å²) in [4.78, 5) is 0. The molecule has 17 heavy (non-hydrogen) atoms. The molecular weight excluding hydrogens is 206 g/mol. The van der Waals surface area contributed by atoms with E-state index >= 15 is 0 Å². The zero-order valence-corrected chi connectivity index (χ0v) is 11.2. The highest BCUT2D eigenvalue weighted by atomic mass is 14.7. The Labute approximate surface area is 104 Å². The van der Waals surface area contributed by atoms with E-state index in [0.717, 1.165) is 11.6 Å². The third kappa shape index (κ3) is 1.20. The van der Waals surface area contributed by atoms with E-state index < -0.39 is 0 Å². The van der Waals surface area contributed by atoms with Crippen molar-refractivity contribution in [2.24, 2.45) is 5.41 Å². The molecule has 0 bridgehead atoms. The fourth-order valence-corrected chi connectivity index (χ4v) is 4.47. The van der Waals surface area contributed by atoms with Crippen LogP contribution in [0, 0.1) is 5.41 Å². The molecule has 92 valence electrons. The molecule has 0 aromatic heterocycles. The number of nitrogens with two attached hydrogens (primary N) is 1. The van der Waals surface area contributed by atoms with Crippen LogP contribution in [-0.2, 0) is 5.41 Å². The van der Waals surface area contributed by atoms with Gasteiger partial charge in [-0.2, -0.15) is 0 Å². The van der Waals surface area contributed by atoms with Gasteiger partial charge in [0.1, 0.15) is 0 Å². The van der Waals surface area contributed by atoms with Gasteiger partial charge in [-0.15, -0.1) is 0 Å². The molecule has 1 aromatic rings. The smallest absolute Gasteiger partial charge is 0.0355 e. The Morgan fingerprint density at radius 1 is 1.18 bits per heavy atom. The fourth-order valence-electron chi connectivity index (χ4n) is 4.47. The van der Waals surface area contributed by atoms with E-state index in [-0.39, 0.29) is 5.41 Å². The number of nitrogen functional groups attached to an aromatic ring is 1. The molecule has 1 saturated carbocycles. The van der Waals surface area contributed by atoms with E-state index in [1.54, 1.807) is 0 Å². The molecule has 1 fully saturated rings. The van der Waals surface area contributed by atoms with Gasteiger partial charge < -0.3 is 5.73 Å². The van der Waals surface area contributed by atoms with Crippen molar-refractivity contribution in [2.45, 2.75) is 57.8 Å². The van der Waals surface area contributed by atoms with Crippen molar-refractivity contribution in [1.82, 2.24) is 0 Å². The summed E-state index contributed by atoms with van der Waals surface area (Å²) >= 11 is 0. The molecule has 1 nitrogen and oxygen atoms in total. The third-order valence-corrected chi connectivity index (χ3v) is 5.77. The molecule has 1 aromatic carbocycles. The van der Waals surface area contributed by atoms with Gasteiger partial charge in [0.2, 0.25) is 0 Å². The van der Waals surface area contributed by atoms with Crippen molar-refractivity contribution in [3.63, 3.8) is 0 Å². The summed E-state index contributed by atoms with van der Waals surface area (Å²) in [6, 6.07) is 6.51. The monoisotopic (exact) mass is 229 g/mol. The first-order chi connectivity index (χ1) is 7.98. The van der Waals surface area contributed by atoms with Gasteiger partial charge in [0.25, 0.3) is 0 Å². The summed E-state index contributed by atoms with van der Waals surface area (Å²) in [6.45, 7) is 7.28. The molecule has 0 saturated heterocycles. The van der Waals surface area contributed by atoms with Gasteiger partial charge in [0, 0.05) is 5.69 Å². The highest BCUT2D eigenvalue weighted by molar-refractivity contribution is 5.60. The van der Waals surface area contributed by atoms with E-state index in [1.807, 2.05) is 0 Å². The molecule has 2 aliphatic carbocycles. The van der Waals surface area contributed by atoms with E-state index in [4.69, 9.17) is 5.73 Å². The Morgan fingerprint density at radius 2 is 1.94 bits per heavy atom. The lowest BCUT2D eigenvalue weighted by molar-refractivity contribution is 0.104. The van der Waals surface area contributed by atoms with E-state index in [2.05, 4.69) is 39.0 Å². The molecule has 2 aliphatic rings. The highest BCUT2D eigenvalue weighted by Gasteiger charge is 2.55. The fraction of sp³-hybridized carbons (Fsp3) is 0.625. The van der Waals surface area contributed by atoms with Crippen LogP contribution in [0.15, 0.2) is 18.2 Å². The summed E-state index contributed by atoms with van der Waals surface area (Å²) in [5.41, 5.74) is 10.9. The molecule has 0 radical (unpaired) electrons. The molecule has 2 atom stereocenters. The number of hydrogen-bond donors (Lipinski definition) is 1. The summed E-state index contributed by atoms with van der Waals surface area (Å²) in [7, 11) is 0. The average molecular weight is 229 g/mol. The van der Waals surface area contributed by atoms with Crippen LogP contribution >= 0.6 is 0 Å². The van der Waals surface area contributed by atoms with Crippen molar-refractivity contribution in [3.05, 3.63) is 29.3 Å². The van der Waals surface area contributed by atoms with Crippen LogP contribution < -0.4 is 5.73 Å². The predicted molar refractivity (Wildman–Crippen MR) is 73.2 cm³/mol. The van der Waals surface area contributed by atoms with E-state index in [0.29, 0.717) is 5.41 Å². The van der Waals surface area contributed by atoms with Gasteiger partial charge in [-0.05, 0) is 46.8 Å². The SMILES string of the molecule is CC1(C)c2c(N)cccc2C2CCCCC21C. The molecule has 1 heteroatoms. The molecule has 2 unspecified atom stereocenters. The molecule has 2 N–H and O–H groups in total. The quantitative estimate of drug-likeness (QED) is 0.662. The molecule has 3 rings (SSSR count). The van der Waals surface area contributed by atoms with Gasteiger partial charge in [-0.3, -0.25) is 0 Å². The maximum Gasteiger partial charge on any atom is 0.0355 e. The lowest BCUT2D eigenvalue weighted by Gasteiger charge is -2.46. The van der Waals surface area contributed by atoms with Crippen molar-refractivity contribution in [2.75, 3.05) is 5.73 Å². The first kappa shape index (κ1) is 11.1. The minimum Gasteiger partial charge on any atom is -0.398 e. The van der Waals surface area contributed by atoms with Gasteiger partial charge >= 0.3 is 0 Å². The van der Waals surface area contributed by atoms with Crippen LogP contribution in [0.25, 0.3) is 0 Å². The maximum atomic E-state index is 6.26. The third-order valence-electron chi connectivity index (χ3n) is 5.77. The van der Waals surface area contributed by atoms with Crippen LogP contribution in [0.3, 0.4) is 0 Å². The van der Waals surface area contributed by atoms with Gasteiger partial charge in [0.05, 0.1) is 0 Å². The van der Waals surface area contributed by atoms with Crippen LogP contribution in [0.4, 0.5) is 5.69 Å². The van der Waals surface area contributed by atoms with Crippen molar-refractivity contribution < 1.29 is 0 Å². The summed E-state index contributed by atoms with van der Waals surface area (Å²) in [6.07, 6.45) is 5.45. The van der Waals surface area contributed by atoms with Crippen molar-refractivity contribution >= 4 is 5.69 Å². The predicted octanol–water partition coefficient (Wildman–Crippen LogP) is 4.22. The van der Waals surface area contributed by atoms with Gasteiger partial charge in [-0.25, -0.2) is 0 Å². The standard InChI is InChI=1S/C16H23N/c1-15(2)14-11(7-6-9-13(14)17)12-8-4-5-10-16(12,15)3/h6-7,9,12H,4-5,8,10,17H2,1-3H3. The topological polar surface area (TPSA) is 26.0 Å². The lowest BCUT2D eigenvalue weighted by atomic mass is 9.58. The molecular formula is C16H23N. The minimum atomic E-state index is 0.221. The van der Waals surface area contributed by atoms with Gasteiger partial charge in [-0.1, -0.05) is 45.7 Å². The second kappa shape index (κ2) is 3.28.